The first kappa shape index (κ1) is 11.5. The number of hydrogen-bond acceptors (Lipinski definition) is 3. The van der Waals surface area contributed by atoms with Crippen molar-refractivity contribution in [2.24, 2.45) is 0 Å². The number of hydrogen-bond donors (Lipinski definition) is 1. The molecule has 90 valence electrons. The van der Waals surface area contributed by atoms with Crippen molar-refractivity contribution >= 4 is 5.91 Å². The van der Waals surface area contributed by atoms with E-state index in [4.69, 9.17) is 8.83 Å². The molecule has 4 nitrogen and oxygen atoms in total. The Morgan fingerprint density at radius 3 is 2.59 bits per heavy atom. The molecule has 1 atom stereocenters. The first-order valence-corrected chi connectivity index (χ1v) is 5.49. The van der Waals surface area contributed by atoms with Crippen molar-refractivity contribution in [2.75, 3.05) is 0 Å². The summed E-state index contributed by atoms with van der Waals surface area (Å²) in [5.41, 5.74) is 0.556. The minimum atomic E-state index is -0.162. The van der Waals surface area contributed by atoms with Crippen molar-refractivity contribution < 1.29 is 13.6 Å². The van der Waals surface area contributed by atoms with E-state index >= 15 is 0 Å². The lowest BCUT2D eigenvalue weighted by atomic mass is 10.2. The fourth-order valence-corrected chi connectivity index (χ4v) is 1.65. The molecule has 1 N–H and O–H groups in total. The summed E-state index contributed by atoms with van der Waals surface area (Å²) >= 11 is 0. The summed E-state index contributed by atoms with van der Waals surface area (Å²) in [5.74, 6) is 2.04. The molecule has 1 unspecified atom stereocenters. The highest BCUT2D eigenvalue weighted by molar-refractivity contribution is 5.95. The summed E-state index contributed by atoms with van der Waals surface area (Å²) in [5, 5.41) is 2.86. The van der Waals surface area contributed by atoms with Crippen LogP contribution in [0.2, 0.25) is 0 Å². The smallest absolute Gasteiger partial charge is 0.255 e. The summed E-state index contributed by atoms with van der Waals surface area (Å²) in [7, 11) is 0. The normalized spacial score (nSPS) is 12.4. The molecule has 0 aromatic carbocycles. The number of carbonyl (C=O) groups is 1. The molecule has 0 fully saturated rings. The zero-order chi connectivity index (χ0) is 12.4. The molecule has 2 aromatic heterocycles. The van der Waals surface area contributed by atoms with Crippen LogP contribution >= 0.6 is 0 Å². The van der Waals surface area contributed by atoms with Gasteiger partial charge in [-0.3, -0.25) is 4.79 Å². The average Bonchev–Trinajstić information content (AvgIpc) is 2.86. The van der Waals surface area contributed by atoms with E-state index < -0.39 is 0 Å². The van der Waals surface area contributed by atoms with Crippen molar-refractivity contribution in [1.82, 2.24) is 5.32 Å². The second kappa shape index (κ2) is 4.49. The molecule has 0 bridgehead atoms. The molecule has 17 heavy (non-hydrogen) atoms. The van der Waals surface area contributed by atoms with Gasteiger partial charge in [0.1, 0.15) is 17.3 Å². The highest BCUT2D eigenvalue weighted by Crippen LogP contribution is 2.17. The van der Waals surface area contributed by atoms with Crippen molar-refractivity contribution in [1.29, 1.82) is 0 Å². The summed E-state index contributed by atoms with van der Waals surface area (Å²) in [6.45, 7) is 5.51. The first-order chi connectivity index (χ1) is 8.08. The van der Waals surface area contributed by atoms with Crippen LogP contribution in [0, 0.1) is 13.8 Å². The summed E-state index contributed by atoms with van der Waals surface area (Å²) in [6.07, 6.45) is 1.51. The molecular formula is C13H15NO3. The monoisotopic (exact) mass is 233 g/mol. The Balaban J connectivity index is 2.07. The first-order valence-electron chi connectivity index (χ1n) is 5.49. The number of amides is 1. The van der Waals surface area contributed by atoms with Crippen molar-refractivity contribution in [3.63, 3.8) is 0 Å². The zero-order valence-electron chi connectivity index (χ0n) is 10.1. The molecule has 0 aliphatic heterocycles. The number of furan rings is 2. The maximum Gasteiger partial charge on any atom is 0.255 e. The Bertz CT molecular complexity index is 524. The summed E-state index contributed by atoms with van der Waals surface area (Å²) < 4.78 is 10.5. The third-order valence-corrected chi connectivity index (χ3v) is 2.64. The molecule has 0 radical (unpaired) electrons. The molecule has 0 spiro atoms. The van der Waals surface area contributed by atoms with E-state index in [9.17, 15) is 4.79 Å². The van der Waals surface area contributed by atoms with E-state index in [0.29, 0.717) is 11.3 Å². The van der Waals surface area contributed by atoms with E-state index in [1.807, 2.05) is 26.0 Å². The van der Waals surface area contributed by atoms with Crippen molar-refractivity contribution in [2.45, 2.75) is 26.8 Å². The number of carbonyl (C=O) groups excluding carboxylic acids is 1. The van der Waals surface area contributed by atoms with Gasteiger partial charge in [-0.1, -0.05) is 0 Å². The number of rotatable bonds is 3. The lowest BCUT2D eigenvalue weighted by Crippen LogP contribution is -2.26. The van der Waals surface area contributed by atoms with Crippen LogP contribution in [0.15, 0.2) is 33.3 Å². The fraction of sp³-hybridized carbons (Fsp3) is 0.308. The third-order valence-electron chi connectivity index (χ3n) is 2.64. The minimum Gasteiger partial charge on any atom is -0.469 e. The Morgan fingerprint density at radius 2 is 2.06 bits per heavy atom. The maximum atomic E-state index is 11.9. The van der Waals surface area contributed by atoms with Crippen LogP contribution in [0.3, 0.4) is 0 Å². The molecule has 2 heterocycles. The van der Waals surface area contributed by atoms with Gasteiger partial charge in [0.15, 0.2) is 0 Å². The highest BCUT2D eigenvalue weighted by atomic mass is 16.3. The molecular weight excluding hydrogens is 218 g/mol. The van der Waals surface area contributed by atoms with Gasteiger partial charge in [0.2, 0.25) is 0 Å². The van der Waals surface area contributed by atoms with Gasteiger partial charge in [-0.15, -0.1) is 0 Å². The van der Waals surface area contributed by atoms with E-state index in [1.165, 1.54) is 6.26 Å². The zero-order valence-corrected chi connectivity index (χ0v) is 10.1. The second-order valence-electron chi connectivity index (χ2n) is 4.03. The molecule has 2 aromatic rings. The molecule has 4 heteroatoms. The van der Waals surface area contributed by atoms with Crippen LogP contribution in [0.4, 0.5) is 0 Å². The summed E-state index contributed by atoms with van der Waals surface area (Å²) in [6, 6.07) is 5.24. The van der Waals surface area contributed by atoms with Gasteiger partial charge in [0, 0.05) is 0 Å². The molecule has 1 amide bonds. The Hall–Kier alpha value is -1.97. The van der Waals surface area contributed by atoms with Crippen LogP contribution in [0.5, 0.6) is 0 Å². The molecule has 0 saturated carbocycles. The lowest BCUT2D eigenvalue weighted by Gasteiger charge is -2.10. The van der Waals surface area contributed by atoms with E-state index in [-0.39, 0.29) is 11.9 Å². The van der Waals surface area contributed by atoms with E-state index in [2.05, 4.69) is 5.32 Å². The van der Waals surface area contributed by atoms with Gasteiger partial charge in [-0.2, -0.15) is 0 Å². The Morgan fingerprint density at radius 1 is 1.29 bits per heavy atom. The van der Waals surface area contributed by atoms with Gasteiger partial charge < -0.3 is 14.2 Å². The van der Waals surface area contributed by atoms with Crippen molar-refractivity contribution in [3.05, 3.63) is 47.3 Å². The molecule has 0 aliphatic rings. The van der Waals surface area contributed by atoms with Gasteiger partial charge in [-0.05, 0) is 39.0 Å². The quantitative estimate of drug-likeness (QED) is 0.886. The topological polar surface area (TPSA) is 55.4 Å². The standard InChI is InChI=1S/C13H15NO3/c1-8-4-5-12(17-8)9(2)14-13(15)11-6-7-16-10(11)3/h4-7,9H,1-3H3,(H,14,15). The van der Waals surface area contributed by atoms with Gasteiger partial charge in [0.05, 0.1) is 17.9 Å². The lowest BCUT2D eigenvalue weighted by molar-refractivity contribution is 0.0933. The Kier molecular flexibility index (Phi) is 3.04. The largest absolute Gasteiger partial charge is 0.469 e. The third kappa shape index (κ3) is 2.41. The van der Waals surface area contributed by atoms with Crippen LogP contribution < -0.4 is 5.32 Å². The molecule has 0 saturated heterocycles. The van der Waals surface area contributed by atoms with Gasteiger partial charge in [-0.25, -0.2) is 0 Å². The second-order valence-corrected chi connectivity index (χ2v) is 4.03. The summed E-state index contributed by atoms with van der Waals surface area (Å²) in [4.78, 5) is 11.9. The average molecular weight is 233 g/mol. The van der Waals surface area contributed by atoms with Gasteiger partial charge in [0.25, 0.3) is 5.91 Å². The minimum absolute atomic E-state index is 0.155. The number of aryl methyl sites for hydroxylation is 2. The highest BCUT2D eigenvalue weighted by Gasteiger charge is 2.16. The van der Waals surface area contributed by atoms with Crippen LogP contribution in [-0.2, 0) is 0 Å². The maximum absolute atomic E-state index is 11.9. The van der Waals surface area contributed by atoms with Crippen molar-refractivity contribution in [3.8, 4) is 0 Å². The predicted octanol–water partition coefficient (Wildman–Crippen LogP) is 2.98. The van der Waals surface area contributed by atoms with Crippen LogP contribution in [0.25, 0.3) is 0 Å². The van der Waals surface area contributed by atoms with Crippen LogP contribution in [0.1, 0.15) is 40.6 Å². The predicted molar refractivity (Wildman–Crippen MR) is 62.8 cm³/mol. The van der Waals surface area contributed by atoms with E-state index in [0.717, 1.165) is 11.5 Å². The molecule has 0 aliphatic carbocycles. The number of nitrogens with one attached hydrogen (secondary N) is 1. The van der Waals surface area contributed by atoms with Gasteiger partial charge >= 0.3 is 0 Å². The SMILES string of the molecule is Cc1ccc(C(C)NC(=O)c2ccoc2C)o1. The fourth-order valence-electron chi connectivity index (χ4n) is 1.65. The Labute approximate surface area is 99.6 Å². The van der Waals surface area contributed by atoms with Crippen LogP contribution in [-0.4, -0.2) is 5.91 Å². The molecule has 2 rings (SSSR count). The van der Waals surface area contributed by atoms with E-state index in [1.54, 1.807) is 13.0 Å².